The third-order valence-corrected chi connectivity index (χ3v) is 8.47. The Morgan fingerprint density at radius 2 is 1.59 bits per heavy atom. The summed E-state index contributed by atoms with van der Waals surface area (Å²) in [5.41, 5.74) is 4.99. The summed E-state index contributed by atoms with van der Waals surface area (Å²) in [5, 5.41) is 6.06. The molecule has 34 heavy (non-hydrogen) atoms. The lowest BCUT2D eigenvalue weighted by atomic mass is 9.59. The Kier molecular flexibility index (Phi) is 5.19. The normalized spacial score (nSPS) is 25.9. The SMILES string of the molecule is O=C(CCCN1C(=O)NC2(CCCC2)C1=O)NC[C@@H]1CC2c3ccccc3C1c1ccccc12. The molecule has 2 aromatic rings. The van der Waals surface area contributed by atoms with Crippen LogP contribution < -0.4 is 10.6 Å². The number of hydrogen-bond acceptors (Lipinski definition) is 3. The number of urea groups is 1. The number of carbonyl (C=O) groups is 3. The van der Waals surface area contributed by atoms with Crippen molar-refractivity contribution in [2.75, 3.05) is 13.1 Å². The Labute approximate surface area is 200 Å². The topological polar surface area (TPSA) is 78.5 Å². The second kappa shape index (κ2) is 8.26. The monoisotopic (exact) mass is 457 g/mol. The van der Waals surface area contributed by atoms with Gasteiger partial charge in [0.2, 0.25) is 5.91 Å². The fraction of sp³-hybridized carbons (Fsp3) is 0.464. The maximum atomic E-state index is 12.8. The number of carbonyl (C=O) groups excluding carboxylic acids is 3. The van der Waals surface area contributed by atoms with E-state index in [1.165, 1.54) is 27.2 Å². The Hall–Kier alpha value is -3.15. The van der Waals surface area contributed by atoms with E-state index in [1.807, 2.05) is 0 Å². The molecule has 2 bridgehead atoms. The van der Waals surface area contributed by atoms with Crippen LogP contribution in [0.15, 0.2) is 48.5 Å². The van der Waals surface area contributed by atoms with Crippen molar-refractivity contribution in [1.29, 1.82) is 0 Å². The van der Waals surface area contributed by atoms with Gasteiger partial charge in [0, 0.05) is 31.3 Å². The van der Waals surface area contributed by atoms with Gasteiger partial charge in [-0.25, -0.2) is 4.79 Å². The van der Waals surface area contributed by atoms with E-state index in [2.05, 4.69) is 59.2 Å². The van der Waals surface area contributed by atoms with Crippen molar-refractivity contribution in [3.8, 4) is 0 Å². The summed E-state index contributed by atoms with van der Waals surface area (Å²) in [6, 6.07) is 17.2. The lowest BCUT2D eigenvalue weighted by Crippen LogP contribution is -2.44. The Balaban J connectivity index is 1.06. The van der Waals surface area contributed by atoms with Crippen LogP contribution in [0.2, 0.25) is 0 Å². The zero-order chi connectivity index (χ0) is 23.3. The molecule has 4 aliphatic carbocycles. The number of nitrogens with zero attached hydrogens (tertiary/aromatic N) is 1. The molecule has 0 unspecified atom stereocenters. The predicted molar refractivity (Wildman–Crippen MR) is 128 cm³/mol. The number of amides is 4. The average Bonchev–Trinajstić information content (AvgIpc) is 3.43. The first kappa shape index (κ1) is 21.4. The van der Waals surface area contributed by atoms with Gasteiger partial charge in [-0.1, -0.05) is 61.4 Å². The lowest BCUT2D eigenvalue weighted by molar-refractivity contribution is -0.131. The van der Waals surface area contributed by atoms with E-state index in [9.17, 15) is 14.4 Å². The molecule has 6 heteroatoms. The van der Waals surface area contributed by atoms with E-state index < -0.39 is 5.54 Å². The molecule has 0 aromatic heterocycles. The Morgan fingerprint density at radius 1 is 0.971 bits per heavy atom. The molecule has 2 aromatic carbocycles. The van der Waals surface area contributed by atoms with Crippen LogP contribution in [0.3, 0.4) is 0 Å². The van der Waals surface area contributed by atoms with Crippen molar-refractivity contribution in [2.45, 2.75) is 62.3 Å². The third kappa shape index (κ3) is 3.34. The lowest BCUT2D eigenvalue weighted by Gasteiger charge is -2.45. The molecular weight excluding hydrogens is 426 g/mol. The summed E-state index contributed by atoms with van der Waals surface area (Å²) in [7, 11) is 0. The van der Waals surface area contributed by atoms with Crippen LogP contribution >= 0.6 is 0 Å². The largest absolute Gasteiger partial charge is 0.356 e. The highest BCUT2D eigenvalue weighted by Gasteiger charge is 2.52. The van der Waals surface area contributed by atoms with Gasteiger partial charge >= 0.3 is 6.03 Å². The van der Waals surface area contributed by atoms with E-state index in [1.54, 1.807) is 0 Å². The molecule has 5 aliphatic rings. The molecule has 1 saturated carbocycles. The number of imide groups is 1. The molecule has 2 fully saturated rings. The third-order valence-electron chi connectivity index (χ3n) is 8.47. The summed E-state index contributed by atoms with van der Waals surface area (Å²) in [4.78, 5) is 39.1. The molecule has 0 radical (unpaired) electrons. The first-order chi connectivity index (χ1) is 16.6. The molecule has 2 N–H and O–H groups in total. The quantitative estimate of drug-likeness (QED) is 0.643. The van der Waals surface area contributed by atoms with Gasteiger partial charge in [-0.05, 0) is 53.9 Å². The van der Waals surface area contributed by atoms with E-state index in [4.69, 9.17) is 0 Å². The van der Waals surface area contributed by atoms with Crippen LogP contribution in [0.1, 0.15) is 79.0 Å². The summed E-state index contributed by atoms with van der Waals surface area (Å²) >= 11 is 0. The van der Waals surface area contributed by atoms with Crippen LogP contribution in [0.25, 0.3) is 0 Å². The number of rotatable bonds is 6. The summed E-state index contributed by atoms with van der Waals surface area (Å²) in [6.45, 7) is 0.948. The highest BCUT2D eigenvalue weighted by molar-refractivity contribution is 6.07. The van der Waals surface area contributed by atoms with Gasteiger partial charge in [0.25, 0.3) is 5.91 Å². The van der Waals surface area contributed by atoms with E-state index in [-0.39, 0.29) is 17.8 Å². The van der Waals surface area contributed by atoms with Crippen LogP contribution in [0.5, 0.6) is 0 Å². The van der Waals surface area contributed by atoms with Crippen molar-refractivity contribution in [1.82, 2.24) is 15.5 Å². The molecule has 4 amide bonds. The van der Waals surface area contributed by atoms with Crippen LogP contribution in [-0.2, 0) is 9.59 Å². The second-order valence-corrected chi connectivity index (χ2v) is 10.4. The molecule has 7 rings (SSSR count). The van der Waals surface area contributed by atoms with E-state index >= 15 is 0 Å². The molecular formula is C28H31N3O3. The number of hydrogen-bond donors (Lipinski definition) is 2. The molecule has 1 saturated heterocycles. The molecule has 6 nitrogen and oxygen atoms in total. The predicted octanol–water partition coefficient (Wildman–Crippen LogP) is 4.04. The van der Waals surface area contributed by atoms with Gasteiger partial charge in [-0.2, -0.15) is 0 Å². The Morgan fingerprint density at radius 3 is 2.24 bits per heavy atom. The smallest absolute Gasteiger partial charge is 0.325 e. The van der Waals surface area contributed by atoms with Crippen molar-refractivity contribution >= 4 is 17.8 Å². The average molecular weight is 458 g/mol. The highest BCUT2D eigenvalue weighted by atomic mass is 16.2. The van der Waals surface area contributed by atoms with Gasteiger partial charge in [0.1, 0.15) is 5.54 Å². The van der Waals surface area contributed by atoms with Gasteiger partial charge in [-0.3, -0.25) is 14.5 Å². The standard InChI is InChI=1S/C28H31N3O3/c32-24(12-7-15-31-26(33)28(30-27(31)34)13-5-6-14-28)29-17-18-16-23-19-8-1-3-10-21(19)25(18)22-11-4-2-9-20(22)23/h1-4,8-11,18,23,25H,5-7,12-17H2,(H,29,32)(H,30,34)/t18-,23?,25?/m0/s1. The van der Waals surface area contributed by atoms with Crippen molar-refractivity contribution in [3.63, 3.8) is 0 Å². The molecule has 1 aliphatic heterocycles. The van der Waals surface area contributed by atoms with E-state index in [0.717, 1.165) is 32.1 Å². The first-order valence-electron chi connectivity index (χ1n) is 12.7. The van der Waals surface area contributed by atoms with Crippen molar-refractivity contribution < 1.29 is 14.4 Å². The van der Waals surface area contributed by atoms with Crippen molar-refractivity contribution in [2.24, 2.45) is 5.92 Å². The van der Waals surface area contributed by atoms with Gasteiger partial charge < -0.3 is 10.6 Å². The van der Waals surface area contributed by atoms with Crippen LogP contribution in [0, 0.1) is 5.92 Å². The maximum absolute atomic E-state index is 12.8. The Bertz CT molecular complexity index is 1110. The molecule has 1 spiro atoms. The zero-order valence-electron chi connectivity index (χ0n) is 19.4. The van der Waals surface area contributed by atoms with E-state index in [0.29, 0.717) is 43.7 Å². The summed E-state index contributed by atoms with van der Waals surface area (Å²) < 4.78 is 0. The highest BCUT2D eigenvalue weighted by Crippen LogP contribution is 2.55. The van der Waals surface area contributed by atoms with Crippen LogP contribution in [-0.4, -0.2) is 41.4 Å². The summed E-state index contributed by atoms with van der Waals surface area (Å²) in [5.74, 6) is 0.955. The maximum Gasteiger partial charge on any atom is 0.325 e. The van der Waals surface area contributed by atoms with Crippen LogP contribution in [0.4, 0.5) is 4.79 Å². The number of nitrogens with one attached hydrogen (secondary N) is 2. The van der Waals surface area contributed by atoms with Crippen molar-refractivity contribution in [3.05, 3.63) is 70.8 Å². The van der Waals surface area contributed by atoms with Gasteiger partial charge in [0.05, 0.1) is 0 Å². The first-order valence-corrected chi connectivity index (χ1v) is 12.7. The summed E-state index contributed by atoms with van der Waals surface area (Å²) in [6.07, 6.45) is 5.25. The van der Waals surface area contributed by atoms with Gasteiger partial charge in [0.15, 0.2) is 0 Å². The fourth-order valence-corrected chi connectivity index (χ4v) is 6.89. The fourth-order valence-electron chi connectivity index (χ4n) is 6.89. The zero-order valence-corrected chi connectivity index (χ0v) is 19.4. The molecule has 1 heterocycles. The minimum atomic E-state index is -0.674. The number of fused-ring (bicyclic) bond motifs is 1. The minimum Gasteiger partial charge on any atom is -0.356 e. The number of benzene rings is 2. The molecule has 176 valence electrons. The molecule has 1 atom stereocenters. The second-order valence-electron chi connectivity index (χ2n) is 10.4. The van der Waals surface area contributed by atoms with Gasteiger partial charge in [-0.15, -0.1) is 0 Å². The minimum absolute atomic E-state index is 0.00866.